The molecule has 2 aliphatic rings. The zero-order chi connectivity index (χ0) is 18.0. The summed E-state index contributed by atoms with van der Waals surface area (Å²) in [4.78, 5) is 27.3. The van der Waals surface area contributed by atoms with E-state index in [-0.39, 0.29) is 12.1 Å². The van der Waals surface area contributed by atoms with Gasteiger partial charge in [-0.2, -0.15) is 5.10 Å². The Morgan fingerprint density at radius 3 is 2.64 bits per heavy atom. The van der Waals surface area contributed by atoms with Gasteiger partial charge in [0.15, 0.2) is 0 Å². The molecule has 138 valence electrons. The van der Waals surface area contributed by atoms with Crippen molar-refractivity contribution >= 4 is 12.1 Å². The minimum atomic E-state index is -0.405. The Bertz CT molecular complexity index is 649. The van der Waals surface area contributed by atoms with Crippen molar-refractivity contribution in [3.63, 3.8) is 0 Å². The predicted molar refractivity (Wildman–Crippen MR) is 92.4 cm³/mol. The van der Waals surface area contributed by atoms with Gasteiger partial charge in [-0.25, -0.2) is 9.59 Å². The number of nitrogens with one attached hydrogen (secondary N) is 1. The largest absolute Gasteiger partial charge is 0.441 e. The van der Waals surface area contributed by atoms with Crippen LogP contribution in [-0.2, 0) is 11.3 Å². The molecule has 8 nitrogen and oxygen atoms in total. The molecule has 1 spiro atoms. The molecule has 1 aromatic rings. The predicted octanol–water partition coefficient (Wildman–Crippen LogP) is 1.52. The highest BCUT2D eigenvalue weighted by Crippen LogP contribution is 2.32. The van der Waals surface area contributed by atoms with Crippen LogP contribution in [0.1, 0.15) is 30.7 Å². The monoisotopic (exact) mass is 349 g/mol. The van der Waals surface area contributed by atoms with Gasteiger partial charge in [0.1, 0.15) is 5.60 Å². The SMILES string of the molecule is Cc1cc(C)n(CCCNC(=O)N2CCC3(CC2)CN(C)C(=O)O3)n1. The van der Waals surface area contributed by atoms with Gasteiger partial charge in [0, 0.05) is 51.8 Å². The van der Waals surface area contributed by atoms with Crippen LogP contribution in [0.2, 0.25) is 0 Å². The lowest BCUT2D eigenvalue weighted by Gasteiger charge is -2.37. The Labute approximate surface area is 148 Å². The first-order valence-corrected chi connectivity index (χ1v) is 8.86. The molecule has 8 heteroatoms. The van der Waals surface area contributed by atoms with Gasteiger partial charge in [0.05, 0.1) is 12.2 Å². The van der Waals surface area contributed by atoms with Gasteiger partial charge in [0.2, 0.25) is 0 Å². The molecule has 1 N–H and O–H groups in total. The molecule has 2 saturated heterocycles. The average Bonchev–Trinajstić information content (AvgIpc) is 3.03. The van der Waals surface area contributed by atoms with Crippen molar-refractivity contribution < 1.29 is 14.3 Å². The van der Waals surface area contributed by atoms with Crippen LogP contribution in [0.3, 0.4) is 0 Å². The number of ether oxygens (including phenoxy) is 1. The van der Waals surface area contributed by atoms with Crippen molar-refractivity contribution in [3.8, 4) is 0 Å². The Morgan fingerprint density at radius 2 is 2.08 bits per heavy atom. The van der Waals surface area contributed by atoms with Crippen molar-refractivity contribution in [1.29, 1.82) is 0 Å². The number of urea groups is 1. The number of aromatic nitrogens is 2. The number of likely N-dealkylation sites (N-methyl/N-ethyl adjacent to an activating group) is 1. The molecular formula is C17H27N5O3. The highest BCUT2D eigenvalue weighted by molar-refractivity contribution is 5.74. The van der Waals surface area contributed by atoms with Gasteiger partial charge >= 0.3 is 12.1 Å². The Kier molecular flexibility index (Phi) is 4.87. The molecule has 0 radical (unpaired) electrons. The van der Waals surface area contributed by atoms with E-state index in [0.29, 0.717) is 39.0 Å². The first-order chi connectivity index (χ1) is 11.9. The molecule has 3 amide bonds. The molecule has 0 aromatic carbocycles. The van der Waals surface area contributed by atoms with Gasteiger partial charge in [0.25, 0.3) is 0 Å². The Hall–Kier alpha value is -2.25. The summed E-state index contributed by atoms with van der Waals surface area (Å²) in [6, 6.07) is 2.01. The van der Waals surface area contributed by atoms with E-state index < -0.39 is 5.60 Å². The maximum atomic E-state index is 12.3. The molecule has 25 heavy (non-hydrogen) atoms. The third-order valence-corrected chi connectivity index (χ3v) is 5.03. The lowest BCUT2D eigenvalue weighted by Crippen LogP contribution is -2.51. The van der Waals surface area contributed by atoms with E-state index >= 15 is 0 Å². The summed E-state index contributed by atoms with van der Waals surface area (Å²) in [6.07, 6.45) is 1.97. The van der Waals surface area contributed by atoms with Gasteiger partial charge in [-0.3, -0.25) is 4.68 Å². The molecule has 1 aromatic heterocycles. The molecule has 3 rings (SSSR count). The topological polar surface area (TPSA) is 79.7 Å². The van der Waals surface area contributed by atoms with E-state index in [9.17, 15) is 9.59 Å². The molecule has 0 aliphatic carbocycles. The van der Waals surface area contributed by atoms with Gasteiger partial charge < -0.3 is 19.9 Å². The summed E-state index contributed by atoms with van der Waals surface area (Å²) >= 11 is 0. The second kappa shape index (κ2) is 6.93. The Morgan fingerprint density at radius 1 is 1.36 bits per heavy atom. The highest BCUT2D eigenvalue weighted by atomic mass is 16.6. The van der Waals surface area contributed by atoms with E-state index in [1.807, 2.05) is 18.5 Å². The van der Waals surface area contributed by atoms with E-state index in [1.165, 1.54) is 0 Å². The summed E-state index contributed by atoms with van der Waals surface area (Å²) < 4.78 is 7.48. The quantitative estimate of drug-likeness (QED) is 0.836. The fourth-order valence-electron chi connectivity index (χ4n) is 3.61. The van der Waals surface area contributed by atoms with Crippen molar-refractivity contribution in [2.24, 2.45) is 0 Å². The number of aryl methyl sites for hydroxylation is 3. The third kappa shape index (κ3) is 3.88. The Balaban J connectivity index is 1.38. The number of hydrogen-bond acceptors (Lipinski definition) is 4. The number of rotatable bonds is 4. The van der Waals surface area contributed by atoms with Gasteiger partial charge in [-0.05, 0) is 26.3 Å². The number of hydrogen-bond donors (Lipinski definition) is 1. The van der Waals surface area contributed by atoms with Gasteiger partial charge in [-0.1, -0.05) is 0 Å². The first kappa shape index (κ1) is 17.6. The van der Waals surface area contributed by atoms with Crippen LogP contribution in [0.4, 0.5) is 9.59 Å². The van der Waals surface area contributed by atoms with Crippen LogP contribution in [0.5, 0.6) is 0 Å². The number of nitrogens with zero attached hydrogens (tertiary/aromatic N) is 4. The number of carbonyl (C=O) groups is 2. The van der Waals surface area contributed by atoms with Gasteiger partial charge in [-0.15, -0.1) is 0 Å². The average molecular weight is 349 g/mol. The number of piperidine rings is 1. The van der Waals surface area contributed by atoms with Crippen molar-refractivity contribution in [3.05, 3.63) is 17.5 Å². The molecule has 3 heterocycles. The molecule has 2 fully saturated rings. The van der Waals surface area contributed by atoms with Crippen LogP contribution in [0.25, 0.3) is 0 Å². The standard InChI is InChI=1S/C17H27N5O3/c1-13-11-14(2)22(19-13)8-4-7-18-15(23)21-9-5-17(6-10-21)12-20(3)16(24)25-17/h11H,4-10,12H2,1-3H3,(H,18,23). The van der Waals surface area contributed by atoms with E-state index in [0.717, 1.165) is 24.4 Å². The molecule has 0 bridgehead atoms. The zero-order valence-corrected chi connectivity index (χ0v) is 15.2. The lowest BCUT2D eigenvalue weighted by atomic mass is 9.91. The second-order valence-corrected chi connectivity index (χ2v) is 7.13. The smallest absolute Gasteiger partial charge is 0.410 e. The van der Waals surface area contributed by atoms with Crippen molar-refractivity contribution in [2.45, 2.75) is 45.3 Å². The summed E-state index contributed by atoms with van der Waals surface area (Å²) in [5.74, 6) is 0. The molecular weight excluding hydrogens is 322 g/mol. The lowest BCUT2D eigenvalue weighted by molar-refractivity contribution is 0.00968. The fraction of sp³-hybridized carbons (Fsp3) is 0.706. The van der Waals surface area contributed by atoms with E-state index in [2.05, 4.69) is 16.5 Å². The summed E-state index contributed by atoms with van der Waals surface area (Å²) in [6.45, 7) is 7.28. The van der Waals surface area contributed by atoms with Crippen LogP contribution in [0.15, 0.2) is 6.07 Å². The molecule has 0 unspecified atom stereocenters. The van der Waals surface area contributed by atoms with E-state index in [4.69, 9.17) is 4.74 Å². The number of carbonyl (C=O) groups excluding carboxylic acids is 2. The van der Waals surface area contributed by atoms with Crippen LogP contribution in [0, 0.1) is 13.8 Å². The fourth-order valence-corrected chi connectivity index (χ4v) is 3.61. The van der Waals surface area contributed by atoms with Crippen molar-refractivity contribution in [2.75, 3.05) is 33.2 Å². The second-order valence-electron chi connectivity index (χ2n) is 7.13. The minimum Gasteiger partial charge on any atom is -0.441 e. The molecule has 0 atom stereocenters. The van der Waals surface area contributed by atoms with Crippen LogP contribution < -0.4 is 5.32 Å². The van der Waals surface area contributed by atoms with Crippen LogP contribution in [-0.4, -0.2) is 70.5 Å². The zero-order valence-electron chi connectivity index (χ0n) is 15.2. The summed E-state index contributed by atoms with van der Waals surface area (Å²) in [5, 5.41) is 7.39. The summed E-state index contributed by atoms with van der Waals surface area (Å²) in [5.41, 5.74) is 1.75. The summed E-state index contributed by atoms with van der Waals surface area (Å²) in [7, 11) is 1.75. The molecule has 0 saturated carbocycles. The van der Waals surface area contributed by atoms with Crippen molar-refractivity contribution in [1.82, 2.24) is 24.9 Å². The van der Waals surface area contributed by atoms with E-state index in [1.54, 1.807) is 16.8 Å². The maximum Gasteiger partial charge on any atom is 0.410 e. The minimum absolute atomic E-state index is 0.0408. The number of amides is 3. The molecule has 2 aliphatic heterocycles. The number of likely N-dealkylation sites (tertiary alicyclic amines) is 1. The van der Waals surface area contributed by atoms with Crippen LogP contribution >= 0.6 is 0 Å². The third-order valence-electron chi connectivity index (χ3n) is 5.03. The highest BCUT2D eigenvalue weighted by Gasteiger charge is 2.46. The maximum absolute atomic E-state index is 12.3. The normalized spacial score (nSPS) is 19.4. The first-order valence-electron chi connectivity index (χ1n) is 8.86.